The molecule has 0 aliphatic carbocycles. The van der Waals surface area contributed by atoms with Crippen LogP contribution in [0.15, 0.2) is 60.7 Å². The molecule has 0 fully saturated rings. The molecule has 4 rings (SSSR count). The van der Waals surface area contributed by atoms with Crippen molar-refractivity contribution < 1.29 is 19.0 Å². The molecule has 1 aliphatic rings. The first-order chi connectivity index (χ1) is 14.7. The van der Waals surface area contributed by atoms with E-state index in [0.29, 0.717) is 22.8 Å². The van der Waals surface area contributed by atoms with E-state index in [1.54, 1.807) is 12.1 Å². The predicted octanol–water partition coefficient (Wildman–Crippen LogP) is 4.66. The fourth-order valence-corrected chi connectivity index (χ4v) is 3.81. The third-order valence-corrected chi connectivity index (χ3v) is 5.26. The van der Waals surface area contributed by atoms with Gasteiger partial charge in [0.1, 0.15) is 0 Å². The standard InChI is InChI=1S/C24H24N2O4/c1-28-21-14-17(15-22(29-2)23(21)30-3)24(27)25-18-9-5-7-11-20(18)26-13-12-16-8-4-6-10-19(16)26/h4-11,14-15H,12-13H2,1-3H3,(H,25,27). The molecule has 6 heteroatoms. The van der Waals surface area contributed by atoms with Crippen molar-refractivity contribution in [2.24, 2.45) is 0 Å². The number of anilines is 3. The highest BCUT2D eigenvalue weighted by Crippen LogP contribution is 2.40. The van der Waals surface area contributed by atoms with Crippen molar-refractivity contribution in [3.8, 4) is 17.2 Å². The summed E-state index contributed by atoms with van der Waals surface area (Å²) in [6, 6.07) is 19.5. The molecular formula is C24H24N2O4. The quantitative estimate of drug-likeness (QED) is 0.648. The highest BCUT2D eigenvalue weighted by atomic mass is 16.5. The fraction of sp³-hybridized carbons (Fsp3) is 0.208. The molecule has 0 bridgehead atoms. The van der Waals surface area contributed by atoms with Gasteiger partial charge in [-0.15, -0.1) is 0 Å². The molecule has 1 aliphatic heterocycles. The van der Waals surface area contributed by atoms with Gasteiger partial charge in [0.15, 0.2) is 11.5 Å². The lowest BCUT2D eigenvalue weighted by Gasteiger charge is -2.23. The van der Waals surface area contributed by atoms with Gasteiger partial charge in [-0.05, 0) is 42.3 Å². The summed E-state index contributed by atoms with van der Waals surface area (Å²) in [7, 11) is 4.59. The van der Waals surface area contributed by atoms with Crippen LogP contribution in [0.3, 0.4) is 0 Å². The molecule has 1 heterocycles. The lowest BCUT2D eigenvalue weighted by atomic mass is 10.1. The number of fused-ring (bicyclic) bond motifs is 1. The van der Waals surface area contributed by atoms with Crippen LogP contribution >= 0.6 is 0 Å². The van der Waals surface area contributed by atoms with Crippen molar-refractivity contribution in [1.82, 2.24) is 0 Å². The molecule has 1 N–H and O–H groups in total. The smallest absolute Gasteiger partial charge is 0.255 e. The lowest BCUT2D eigenvalue weighted by molar-refractivity contribution is 0.102. The molecule has 0 saturated carbocycles. The second-order valence-electron chi connectivity index (χ2n) is 6.92. The Morgan fingerprint density at radius 2 is 1.50 bits per heavy atom. The lowest BCUT2D eigenvalue weighted by Crippen LogP contribution is -2.18. The molecule has 0 spiro atoms. The number of hydrogen-bond acceptors (Lipinski definition) is 5. The summed E-state index contributed by atoms with van der Waals surface area (Å²) in [6.45, 7) is 0.871. The highest BCUT2D eigenvalue weighted by Gasteiger charge is 2.23. The molecule has 1 amide bonds. The van der Waals surface area contributed by atoms with E-state index in [2.05, 4.69) is 28.4 Å². The van der Waals surface area contributed by atoms with Crippen LogP contribution in [0.25, 0.3) is 0 Å². The minimum Gasteiger partial charge on any atom is -0.493 e. The number of hydrogen-bond donors (Lipinski definition) is 1. The minimum absolute atomic E-state index is 0.255. The minimum atomic E-state index is -0.255. The van der Waals surface area contributed by atoms with E-state index in [1.165, 1.54) is 32.6 Å². The molecule has 154 valence electrons. The van der Waals surface area contributed by atoms with Gasteiger partial charge in [0.05, 0.1) is 32.7 Å². The highest BCUT2D eigenvalue weighted by molar-refractivity contribution is 6.07. The van der Waals surface area contributed by atoms with Crippen LogP contribution in [0.1, 0.15) is 15.9 Å². The molecule has 0 saturated heterocycles. The van der Waals surface area contributed by atoms with E-state index >= 15 is 0 Å². The van der Waals surface area contributed by atoms with Crippen LogP contribution < -0.4 is 24.4 Å². The number of carbonyl (C=O) groups is 1. The Morgan fingerprint density at radius 1 is 0.867 bits per heavy atom. The van der Waals surface area contributed by atoms with Gasteiger partial charge in [0.25, 0.3) is 5.91 Å². The van der Waals surface area contributed by atoms with Crippen molar-refractivity contribution >= 4 is 23.0 Å². The summed E-state index contributed by atoms with van der Waals surface area (Å²) in [6.07, 6.45) is 0.978. The SMILES string of the molecule is COc1cc(C(=O)Nc2ccccc2N2CCc3ccccc32)cc(OC)c1OC. The van der Waals surface area contributed by atoms with E-state index in [-0.39, 0.29) is 5.91 Å². The molecule has 30 heavy (non-hydrogen) atoms. The first-order valence-electron chi connectivity index (χ1n) is 9.72. The Kier molecular flexibility index (Phi) is 5.48. The Bertz CT molecular complexity index is 1060. The van der Waals surface area contributed by atoms with Crippen molar-refractivity contribution in [3.05, 3.63) is 71.8 Å². The van der Waals surface area contributed by atoms with Gasteiger partial charge < -0.3 is 24.4 Å². The summed E-state index contributed by atoms with van der Waals surface area (Å²) in [5.74, 6) is 1.06. The third-order valence-electron chi connectivity index (χ3n) is 5.26. The van der Waals surface area contributed by atoms with Crippen LogP contribution in [0, 0.1) is 0 Å². The van der Waals surface area contributed by atoms with E-state index in [9.17, 15) is 4.79 Å². The van der Waals surface area contributed by atoms with Gasteiger partial charge in [-0.3, -0.25) is 4.79 Å². The van der Waals surface area contributed by atoms with Gasteiger partial charge in [-0.2, -0.15) is 0 Å². The Hall–Kier alpha value is -3.67. The van der Waals surface area contributed by atoms with E-state index in [4.69, 9.17) is 14.2 Å². The number of amides is 1. The van der Waals surface area contributed by atoms with Gasteiger partial charge in [0.2, 0.25) is 5.75 Å². The largest absolute Gasteiger partial charge is 0.493 e. The predicted molar refractivity (Wildman–Crippen MR) is 118 cm³/mol. The molecule has 3 aromatic carbocycles. The number of methoxy groups -OCH3 is 3. The molecule has 6 nitrogen and oxygen atoms in total. The van der Waals surface area contributed by atoms with Crippen molar-refractivity contribution in [2.45, 2.75) is 6.42 Å². The Morgan fingerprint density at radius 3 is 2.17 bits per heavy atom. The number of para-hydroxylation sites is 3. The van der Waals surface area contributed by atoms with Crippen LogP contribution in [0.4, 0.5) is 17.1 Å². The van der Waals surface area contributed by atoms with Crippen molar-refractivity contribution in [1.29, 1.82) is 0 Å². The maximum atomic E-state index is 13.1. The van der Waals surface area contributed by atoms with Crippen LogP contribution in [-0.2, 0) is 6.42 Å². The number of nitrogens with one attached hydrogen (secondary N) is 1. The molecule has 0 unspecified atom stereocenters. The number of benzene rings is 3. The summed E-state index contributed by atoms with van der Waals surface area (Å²) in [4.78, 5) is 15.3. The average molecular weight is 404 g/mol. The van der Waals surface area contributed by atoms with Crippen LogP contribution in [0.2, 0.25) is 0 Å². The van der Waals surface area contributed by atoms with Crippen LogP contribution in [0.5, 0.6) is 17.2 Å². The zero-order valence-electron chi connectivity index (χ0n) is 17.3. The Labute approximate surface area is 176 Å². The van der Waals surface area contributed by atoms with Crippen molar-refractivity contribution in [2.75, 3.05) is 38.1 Å². The van der Waals surface area contributed by atoms with Gasteiger partial charge >= 0.3 is 0 Å². The second kappa shape index (κ2) is 8.37. The number of rotatable bonds is 6. The van der Waals surface area contributed by atoms with Crippen molar-refractivity contribution in [3.63, 3.8) is 0 Å². The first kappa shape index (κ1) is 19.6. The van der Waals surface area contributed by atoms with Crippen LogP contribution in [-0.4, -0.2) is 33.8 Å². The second-order valence-corrected chi connectivity index (χ2v) is 6.92. The number of ether oxygens (including phenoxy) is 3. The molecule has 0 aromatic heterocycles. The summed E-state index contributed by atoms with van der Waals surface area (Å²) < 4.78 is 16.1. The van der Waals surface area contributed by atoms with E-state index in [0.717, 1.165) is 24.3 Å². The van der Waals surface area contributed by atoms with E-state index < -0.39 is 0 Å². The molecule has 3 aromatic rings. The monoisotopic (exact) mass is 404 g/mol. The fourth-order valence-electron chi connectivity index (χ4n) is 3.81. The molecular weight excluding hydrogens is 380 g/mol. The molecule has 0 radical (unpaired) electrons. The topological polar surface area (TPSA) is 60.0 Å². The normalized spacial score (nSPS) is 12.3. The summed E-state index contributed by atoms with van der Waals surface area (Å²) in [5.41, 5.74) is 4.60. The zero-order valence-corrected chi connectivity index (χ0v) is 17.3. The van der Waals surface area contributed by atoms with Gasteiger partial charge in [-0.1, -0.05) is 30.3 Å². The summed E-state index contributed by atoms with van der Waals surface area (Å²) >= 11 is 0. The number of carbonyl (C=O) groups excluding carboxylic acids is 1. The number of nitrogens with zero attached hydrogens (tertiary/aromatic N) is 1. The average Bonchev–Trinajstić information content (AvgIpc) is 3.22. The van der Waals surface area contributed by atoms with E-state index in [1.807, 2.05) is 30.3 Å². The molecule has 0 atom stereocenters. The van der Waals surface area contributed by atoms with Gasteiger partial charge in [0, 0.05) is 17.8 Å². The van der Waals surface area contributed by atoms with Gasteiger partial charge in [-0.25, -0.2) is 0 Å². The summed E-state index contributed by atoms with van der Waals surface area (Å²) in [5, 5.41) is 3.04. The Balaban J connectivity index is 1.66. The maximum absolute atomic E-state index is 13.1. The third kappa shape index (κ3) is 3.52. The maximum Gasteiger partial charge on any atom is 0.255 e. The zero-order chi connectivity index (χ0) is 21.1. The first-order valence-corrected chi connectivity index (χ1v) is 9.72.